The lowest BCUT2D eigenvalue weighted by atomic mass is 10.2. The van der Waals surface area contributed by atoms with Crippen molar-refractivity contribution in [3.63, 3.8) is 0 Å². The molecule has 0 N–H and O–H groups in total. The first-order valence-electron chi connectivity index (χ1n) is 10.5. The smallest absolute Gasteiger partial charge is 0.243 e. The molecule has 1 aliphatic heterocycles. The van der Waals surface area contributed by atoms with E-state index in [9.17, 15) is 8.42 Å². The van der Waals surface area contributed by atoms with E-state index >= 15 is 0 Å². The average molecular weight is 414 g/mol. The highest BCUT2D eigenvalue weighted by Gasteiger charge is 2.24. The molecule has 0 saturated carbocycles. The van der Waals surface area contributed by atoms with Crippen molar-refractivity contribution >= 4 is 27.6 Å². The van der Waals surface area contributed by atoms with Crippen molar-refractivity contribution in [1.29, 1.82) is 0 Å². The first-order valence-corrected chi connectivity index (χ1v) is 12.0. The predicted molar refractivity (Wildman–Crippen MR) is 121 cm³/mol. The van der Waals surface area contributed by atoms with Gasteiger partial charge in [-0.25, -0.2) is 8.42 Å². The summed E-state index contributed by atoms with van der Waals surface area (Å²) >= 11 is 0. The zero-order chi connectivity index (χ0) is 20.7. The molecule has 1 fully saturated rings. The summed E-state index contributed by atoms with van der Waals surface area (Å²) < 4.78 is 27.3. The fraction of sp³-hybridized carbons (Fsp3) is 0.435. The quantitative estimate of drug-likeness (QED) is 0.610. The molecule has 0 aromatic heterocycles. The van der Waals surface area contributed by atoms with E-state index in [1.165, 1.54) is 5.69 Å². The molecule has 0 aliphatic carbocycles. The predicted octanol–water partition coefficient (Wildman–Crippen LogP) is 4.85. The van der Waals surface area contributed by atoms with Crippen LogP contribution in [0.3, 0.4) is 0 Å². The third kappa shape index (κ3) is 5.46. The van der Waals surface area contributed by atoms with Crippen molar-refractivity contribution in [2.75, 3.05) is 31.1 Å². The topological polar surface area (TPSA) is 53.0 Å². The van der Waals surface area contributed by atoms with Crippen LogP contribution in [0.4, 0.5) is 11.4 Å². The van der Waals surface area contributed by atoms with Gasteiger partial charge in [0.15, 0.2) is 0 Å². The van der Waals surface area contributed by atoms with Crippen LogP contribution in [0.15, 0.2) is 58.4 Å². The molecule has 1 heterocycles. The summed E-state index contributed by atoms with van der Waals surface area (Å²) in [7, 11) is -3.41. The Labute approximate surface area is 175 Å². The molecule has 5 nitrogen and oxygen atoms in total. The summed E-state index contributed by atoms with van der Waals surface area (Å²) in [6.45, 7) is 7.50. The van der Waals surface area contributed by atoms with E-state index < -0.39 is 10.0 Å². The third-order valence-electron chi connectivity index (χ3n) is 5.42. The van der Waals surface area contributed by atoms with E-state index in [-0.39, 0.29) is 0 Å². The van der Waals surface area contributed by atoms with Crippen LogP contribution in [0.2, 0.25) is 0 Å². The van der Waals surface area contributed by atoms with Crippen LogP contribution in [0.25, 0.3) is 0 Å². The summed E-state index contributed by atoms with van der Waals surface area (Å²) in [4.78, 5) is 7.14. The fourth-order valence-corrected chi connectivity index (χ4v) is 5.16. The van der Waals surface area contributed by atoms with Crippen LogP contribution >= 0.6 is 0 Å². The van der Waals surface area contributed by atoms with Crippen molar-refractivity contribution in [1.82, 2.24) is 4.31 Å². The Morgan fingerprint density at radius 2 is 1.48 bits per heavy atom. The minimum absolute atomic E-state index is 0.349. The minimum Gasteiger partial charge on any atom is -0.372 e. The first-order chi connectivity index (χ1) is 14.0. The highest BCUT2D eigenvalue weighted by Crippen LogP contribution is 2.23. The summed E-state index contributed by atoms with van der Waals surface area (Å²) in [5, 5.41) is 0. The Bertz CT molecular complexity index is 894. The molecule has 0 bridgehead atoms. The van der Waals surface area contributed by atoms with Gasteiger partial charge < -0.3 is 4.90 Å². The summed E-state index contributed by atoms with van der Waals surface area (Å²) in [5.41, 5.74) is 2.96. The summed E-state index contributed by atoms with van der Waals surface area (Å²) in [6, 6.07) is 15.2. The molecule has 3 rings (SSSR count). The van der Waals surface area contributed by atoms with Gasteiger partial charge in [0.2, 0.25) is 10.0 Å². The van der Waals surface area contributed by atoms with Crippen molar-refractivity contribution in [2.45, 2.75) is 44.4 Å². The molecule has 29 heavy (non-hydrogen) atoms. The van der Waals surface area contributed by atoms with Crippen LogP contribution in [0.5, 0.6) is 0 Å². The Hall–Kier alpha value is -2.18. The number of hydrogen-bond acceptors (Lipinski definition) is 4. The van der Waals surface area contributed by atoms with Crippen LogP contribution in [-0.4, -0.2) is 45.1 Å². The van der Waals surface area contributed by atoms with Crippen LogP contribution < -0.4 is 4.90 Å². The number of nitrogens with zero attached hydrogens (tertiary/aromatic N) is 3. The lowest BCUT2D eigenvalue weighted by Crippen LogP contribution is -2.31. The Balaban J connectivity index is 1.68. The first kappa shape index (κ1) is 21.5. The molecule has 0 spiro atoms. The van der Waals surface area contributed by atoms with E-state index in [4.69, 9.17) is 0 Å². The number of anilines is 1. The fourth-order valence-electron chi connectivity index (χ4n) is 3.64. The molecule has 2 aromatic rings. The van der Waals surface area contributed by atoms with E-state index in [2.05, 4.69) is 48.0 Å². The highest BCUT2D eigenvalue weighted by molar-refractivity contribution is 7.89. The van der Waals surface area contributed by atoms with Gasteiger partial charge in [-0.1, -0.05) is 25.0 Å². The number of benzene rings is 2. The molecule has 1 saturated heterocycles. The van der Waals surface area contributed by atoms with E-state index in [0.29, 0.717) is 18.0 Å². The van der Waals surface area contributed by atoms with Gasteiger partial charge in [-0.15, -0.1) is 0 Å². The van der Waals surface area contributed by atoms with Crippen molar-refractivity contribution < 1.29 is 8.42 Å². The normalized spacial score (nSPS) is 16.1. The van der Waals surface area contributed by atoms with Gasteiger partial charge in [0.25, 0.3) is 0 Å². The zero-order valence-electron chi connectivity index (χ0n) is 17.4. The molecule has 0 amide bonds. The van der Waals surface area contributed by atoms with Crippen molar-refractivity contribution in [3.05, 3.63) is 54.1 Å². The summed E-state index contributed by atoms with van der Waals surface area (Å²) in [6.07, 6.45) is 5.90. The van der Waals surface area contributed by atoms with Crippen LogP contribution in [0.1, 0.15) is 45.1 Å². The number of sulfonamides is 1. The van der Waals surface area contributed by atoms with Crippen molar-refractivity contribution in [3.8, 4) is 0 Å². The molecule has 6 heteroatoms. The number of hydrogen-bond donors (Lipinski definition) is 0. The molecule has 0 atom stereocenters. The minimum atomic E-state index is -3.41. The third-order valence-corrected chi connectivity index (χ3v) is 7.34. The van der Waals surface area contributed by atoms with Gasteiger partial charge in [-0.2, -0.15) is 4.31 Å². The number of rotatable bonds is 7. The maximum absolute atomic E-state index is 12.9. The van der Waals surface area contributed by atoms with E-state index in [0.717, 1.165) is 50.0 Å². The molecule has 2 aromatic carbocycles. The largest absolute Gasteiger partial charge is 0.372 e. The van der Waals surface area contributed by atoms with Gasteiger partial charge in [-0.3, -0.25) is 4.99 Å². The highest BCUT2D eigenvalue weighted by atomic mass is 32.2. The maximum atomic E-state index is 12.9. The van der Waals surface area contributed by atoms with E-state index in [1.807, 2.05) is 6.21 Å². The molecule has 1 aliphatic rings. The molecule has 156 valence electrons. The van der Waals surface area contributed by atoms with Gasteiger partial charge in [-0.05, 0) is 68.7 Å². The Kier molecular flexibility index (Phi) is 7.45. The SMILES string of the molecule is CCN(CC)c1ccc(C=Nc2ccc(S(=O)(=O)N3CCCCCC3)cc2)cc1. The second-order valence-corrected chi connectivity index (χ2v) is 9.27. The Morgan fingerprint density at radius 3 is 2.03 bits per heavy atom. The molecule has 0 radical (unpaired) electrons. The summed E-state index contributed by atoms with van der Waals surface area (Å²) in [5.74, 6) is 0. The van der Waals surface area contributed by atoms with Gasteiger partial charge in [0.05, 0.1) is 10.6 Å². The van der Waals surface area contributed by atoms with Crippen molar-refractivity contribution in [2.24, 2.45) is 4.99 Å². The second kappa shape index (κ2) is 10.0. The Morgan fingerprint density at radius 1 is 0.897 bits per heavy atom. The standard InChI is InChI=1S/C23H31N3O2S/c1-3-25(4-2)22-13-9-20(10-14-22)19-24-21-11-15-23(16-12-21)29(27,28)26-17-7-5-6-8-18-26/h9-16,19H,3-8,17-18H2,1-2H3. The lowest BCUT2D eigenvalue weighted by molar-refractivity contribution is 0.424. The lowest BCUT2D eigenvalue weighted by Gasteiger charge is -2.20. The average Bonchev–Trinajstić information content (AvgIpc) is 3.04. The molecular weight excluding hydrogens is 382 g/mol. The van der Waals surface area contributed by atoms with Crippen LogP contribution in [0, 0.1) is 0 Å². The van der Waals surface area contributed by atoms with Gasteiger partial charge in [0, 0.05) is 38.1 Å². The van der Waals surface area contributed by atoms with Crippen LogP contribution in [-0.2, 0) is 10.0 Å². The van der Waals surface area contributed by atoms with Gasteiger partial charge >= 0.3 is 0 Å². The molecular formula is C23H31N3O2S. The zero-order valence-corrected chi connectivity index (χ0v) is 18.2. The molecule has 0 unspecified atom stereocenters. The van der Waals surface area contributed by atoms with Gasteiger partial charge in [0.1, 0.15) is 0 Å². The number of aliphatic imine (C=N–C) groups is 1. The second-order valence-electron chi connectivity index (χ2n) is 7.33. The monoisotopic (exact) mass is 413 g/mol. The maximum Gasteiger partial charge on any atom is 0.243 e. The van der Waals surface area contributed by atoms with E-state index in [1.54, 1.807) is 28.6 Å².